The largest absolute Gasteiger partial charge is 0.491 e. The van der Waals surface area contributed by atoms with Crippen molar-refractivity contribution in [2.24, 2.45) is 11.1 Å². The highest BCUT2D eigenvalue weighted by Gasteiger charge is 2.25. The molecule has 0 aliphatic carbocycles. The maximum absolute atomic E-state index is 13.0. The van der Waals surface area contributed by atoms with Gasteiger partial charge in [0.2, 0.25) is 5.91 Å². The fourth-order valence-corrected chi connectivity index (χ4v) is 6.04. The molecular formula is C35H44N4O3. The van der Waals surface area contributed by atoms with Crippen LogP contribution >= 0.6 is 0 Å². The average Bonchev–Trinajstić information content (AvgIpc) is 3.04. The molecule has 1 N–H and O–H groups in total. The standard InChI is InChI=1S/C35H44N4O3/c1-26(2)25-42-34-24-32(12-13-33(34)37-41)36-31-16-22-39(23-17-31)35(40)18-21-38-19-14-30(15-20-38)29-10-8-28(9-11-29)27-6-4-3-5-7-27/h3-13,24,26,30-31,36H,14-23,25H2,1-2H3. The minimum atomic E-state index is 0.262. The lowest BCUT2D eigenvalue weighted by atomic mass is 9.88. The topological polar surface area (TPSA) is 74.2 Å². The van der Waals surface area contributed by atoms with Crippen LogP contribution in [0, 0.1) is 10.8 Å². The molecule has 5 rings (SSSR count). The van der Waals surface area contributed by atoms with Gasteiger partial charge < -0.3 is 19.9 Å². The zero-order valence-electron chi connectivity index (χ0n) is 25.0. The van der Waals surface area contributed by atoms with Crippen LogP contribution in [0.2, 0.25) is 0 Å². The van der Waals surface area contributed by atoms with Crippen molar-refractivity contribution in [1.82, 2.24) is 9.80 Å². The molecule has 2 heterocycles. The van der Waals surface area contributed by atoms with Gasteiger partial charge in [-0.3, -0.25) is 4.79 Å². The number of rotatable bonds is 11. The molecule has 2 saturated heterocycles. The Labute approximate surface area is 250 Å². The number of amides is 1. The Balaban J connectivity index is 1.02. The number of anilines is 1. The van der Waals surface area contributed by atoms with E-state index >= 15 is 0 Å². The lowest BCUT2D eigenvalue weighted by Gasteiger charge is -2.35. The lowest BCUT2D eigenvalue weighted by molar-refractivity contribution is -0.132. The van der Waals surface area contributed by atoms with E-state index in [1.807, 2.05) is 17.0 Å². The molecule has 42 heavy (non-hydrogen) atoms. The summed E-state index contributed by atoms with van der Waals surface area (Å²) in [6.07, 6.45) is 4.67. The van der Waals surface area contributed by atoms with Gasteiger partial charge in [-0.15, -0.1) is 4.91 Å². The number of hydrogen-bond acceptors (Lipinski definition) is 6. The van der Waals surface area contributed by atoms with E-state index in [0.29, 0.717) is 36.3 Å². The van der Waals surface area contributed by atoms with Crippen LogP contribution in [0.5, 0.6) is 5.75 Å². The number of piperidine rings is 2. The second-order valence-corrected chi connectivity index (χ2v) is 12.1. The first kappa shape index (κ1) is 29.8. The molecule has 0 spiro atoms. The maximum atomic E-state index is 13.0. The second-order valence-electron chi connectivity index (χ2n) is 12.1. The third kappa shape index (κ3) is 7.97. The number of hydrogen-bond donors (Lipinski definition) is 1. The molecule has 0 saturated carbocycles. The summed E-state index contributed by atoms with van der Waals surface area (Å²) in [5.41, 5.74) is 5.19. The summed E-state index contributed by atoms with van der Waals surface area (Å²) in [5.74, 6) is 1.73. The van der Waals surface area contributed by atoms with Crippen LogP contribution < -0.4 is 10.1 Å². The Morgan fingerprint density at radius 1 is 0.905 bits per heavy atom. The molecule has 2 aliphatic heterocycles. The van der Waals surface area contributed by atoms with Crippen molar-refractivity contribution in [2.45, 2.75) is 57.9 Å². The van der Waals surface area contributed by atoms with Gasteiger partial charge in [0.1, 0.15) is 5.69 Å². The predicted molar refractivity (Wildman–Crippen MR) is 170 cm³/mol. The predicted octanol–water partition coefficient (Wildman–Crippen LogP) is 7.46. The third-order valence-corrected chi connectivity index (χ3v) is 8.57. The highest BCUT2D eigenvalue weighted by atomic mass is 16.5. The van der Waals surface area contributed by atoms with Crippen molar-refractivity contribution in [3.05, 3.63) is 83.3 Å². The van der Waals surface area contributed by atoms with Gasteiger partial charge in [-0.25, -0.2) is 0 Å². The van der Waals surface area contributed by atoms with Gasteiger partial charge in [0.25, 0.3) is 0 Å². The van der Waals surface area contributed by atoms with Crippen LogP contribution in [0.3, 0.4) is 0 Å². The Bertz CT molecular complexity index is 1300. The van der Waals surface area contributed by atoms with Gasteiger partial charge in [0, 0.05) is 43.9 Å². The van der Waals surface area contributed by atoms with Crippen molar-refractivity contribution < 1.29 is 9.53 Å². The van der Waals surface area contributed by atoms with Gasteiger partial charge in [-0.05, 0) is 84.6 Å². The van der Waals surface area contributed by atoms with E-state index < -0.39 is 0 Å². The van der Waals surface area contributed by atoms with Crippen LogP contribution in [-0.2, 0) is 4.79 Å². The SMILES string of the molecule is CC(C)COc1cc(NC2CCN(C(=O)CCN3CCC(c4ccc(-c5ccccc5)cc4)CC3)CC2)ccc1N=O. The summed E-state index contributed by atoms with van der Waals surface area (Å²) in [6, 6.07) is 25.3. The van der Waals surface area contributed by atoms with Crippen LogP contribution in [0.25, 0.3) is 11.1 Å². The fraction of sp³-hybridized carbons (Fsp3) is 0.457. The van der Waals surface area contributed by atoms with Crippen LogP contribution in [0.4, 0.5) is 11.4 Å². The molecule has 3 aromatic rings. The summed E-state index contributed by atoms with van der Waals surface area (Å²) in [6.45, 7) is 9.14. The van der Waals surface area contributed by atoms with E-state index in [1.165, 1.54) is 16.7 Å². The summed E-state index contributed by atoms with van der Waals surface area (Å²) in [5, 5.41) is 6.66. The normalized spacial score (nSPS) is 16.9. The van der Waals surface area contributed by atoms with Crippen LogP contribution in [0.15, 0.2) is 78.0 Å². The minimum Gasteiger partial charge on any atom is -0.491 e. The Morgan fingerprint density at radius 3 is 2.26 bits per heavy atom. The summed E-state index contributed by atoms with van der Waals surface area (Å²) in [4.78, 5) is 28.6. The van der Waals surface area contributed by atoms with E-state index in [1.54, 1.807) is 6.07 Å². The first-order valence-electron chi connectivity index (χ1n) is 15.5. The number of likely N-dealkylation sites (tertiary alicyclic amines) is 2. The van der Waals surface area contributed by atoms with E-state index in [2.05, 4.69) is 83.8 Å². The monoisotopic (exact) mass is 568 g/mol. The summed E-state index contributed by atoms with van der Waals surface area (Å²) in [7, 11) is 0. The highest BCUT2D eigenvalue weighted by Crippen LogP contribution is 2.32. The number of nitroso groups, excluding NO2 is 1. The molecule has 0 atom stereocenters. The Kier molecular flexibility index (Phi) is 10.2. The zero-order chi connectivity index (χ0) is 29.3. The van der Waals surface area contributed by atoms with Crippen LogP contribution in [-0.4, -0.2) is 61.1 Å². The molecule has 0 aromatic heterocycles. The molecule has 0 unspecified atom stereocenters. The van der Waals surface area contributed by atoms with Gasteiger partial charge in [-0.1, -0.05) is 68.4 Å². The van der Waals surface area contributed by atoms with Crippen molar-refractivity contribution in [1.29, 1.82) is 0 Å². The van der Waals surface area contributed by atoms with Gasteiger partial charge in [0.05, 0.1) is 6.61 Å². The fourth-order valence-electron chi connectivity index (χ4n) is 6.04. The van der Waals surface area contributed by atoms with Gasteiger partial charge in [-0.2, -0.15) is 0 Å². The summed E-state index contributed by atoms with van der Waals surface area (Å²) < 4.78 is 5.80. The number of nitrogens with one attached hydrogen (secondary N) is 1. The zero-order valence-corrected chi connectivity index (χ0v) is 25.0. The molecule has 7 heteroatoms. The minimum absolute atomic E-state index is 0.262. The quantitative estimate of drug-likeness (QED) is 0.243. The van der Waals surface area contributed by atoms with Crippen molar-refractivity contribution in [3.63, 3.8) is 0 Å². The van der Waals surface area contributed by atoms with E-state index in [0.717, 1.165) is 64.1 Å². The molecule has 2 aliphatic rings. The molecule has 222 valence electrons. The Hall–Kier alpha value is -3.71. The number of nitrogens with zero attached hydrogens (tertiary/aromatic N) is 3. The van der Waals surface area contributed by atoms with Crippen molar-refractivity contribution >= 4 is 17.3 Å². The first-order chi connectivity index (χ1) is 20.5. The van der Waals surface area contributed by atoms with Crippen LogP contribution in [0.1, 0.15) is 57.4 Å². The highest BCUT2D eigenvalue weighted by molar-refractivity contribution is 5.76. The first-order valence-corrected chi connectivity index (χ1v) is 15.5. The van der Waals surface area contributed by atoms with Gasteiger partial charge in [0.15, 0.2) is 5.75 Å². The second kappa shape index (κ2) is 14.5. The molecule has 7 nitrogen and oxygen atoms in total. The number of ether oxygens (including phenoxy) is 1. The van der Waals surface area contributed by atoms with Gasteiger partial charge >= 0.3 is 0 Å². The number of benzene rings is 3. The van der Waals surface area contributed by atoms with Crippen molar-refractivity contribution in [3.8, 4) is 16.9 Å². The molecular weight excluding hydrogens is 524 g/mol. The van der Waals surface area contributed by atoms with Crippen molar-refractivity contribution in [2.75, 3.05) is 44.6 Å². The smallest absolute Gasteiger partial charge is 0.223 e. The van der Waals surface area contributed by atoms with E-state index in [4.69, 9.17) is 4.74 Å². The average molecular weight is 569 g/mol. The molecule has 0 radical (unpaired) electrons. The molecule has 3 aromatic carbocycles. The van der Waals surface area contributed by atoms with E-state index in [-0.39, 0.29) is 11.9 Å². The molecule has 0 bridgehead atoms. The lowest BCUT2D eigenvalue weighted by Crippen LogP contribution is -2.43. The number of carbonyl (C=O) groups excluding carboxylic acids is 1. The Morgan fingerprint density at radius 2 is 1.60 bits per heavy atom. The molecule has 2 fully saturated rings. The molecule has 1 amide bonds. The number of carbonyl (C=O) groups is 1. The van der Waals surface area contributed by atoms with E-state index in [9.17, 15) is 9.70 Å². The maximum Gasteiger partial charge on any atom is 0.223 e. The summed E-state index contributed by atoms with van der Waals surface area (Å²) >= 11 is 0. The third-order valence-electron chi connectivity index (χ3n) is 8.57.